The van der Waals surface area contributed by atoms with E-state index in [0.29, 0.717) is 6.04 Å². The molecule has 1 fully saturated rings. The van der Waals surface area contributed by atoms with Crippen molar-refractivity contribution >= 4 is 5.97 Å². The van der Waals surface area contributed by atoms with Gasteiger partial charge in [0.1, 0.15) is 0 Å². The molecule has 112 valence electrons. The monoisotopic (exact) mass is 270 g/mol. The van der Waals surface area contributed by atoms with Gasteiger partial charge in [-0.2, -0.15) is 0 Å². The van der Waals surface area contributed by atoms with E-state index >= 15 is 0 Å². The van der Waals surface area contributed by atoms with Gasteiger partial charge < -0.3 is 10.0 Å². The average Bonchev–Trinajstić information content (AvgIpc) is 2.50. The van der Waals surface area contributed by atoms with Gasteiger partial charge in [0.15, 0.2) is 0 Å². The van der Waals surface area contributed by atoms with Crippen molar-refractivity contribution < 1.29 is 9.90 Å². The van der Waals surface area contributed by atoms with Crippen molar-refractivity contribution in [2.75, 3.05) is 26.2 Å². The van der Waals surface area contributed by atoms with E-state index in [9.17, 15) is 4.79 Å². The second-order valence-electron chi connectivity index (χ2n) is 6.62. The summed E-state index contributed by atoms with van der Waals surface area (Å²) in [6.07, 6.45) is 4.58. The molecule has 0 bridgehead atoms. The van der Waals surface area contributed by atoms with Crippen LogP contribution in [0.5, 0.6) is 0 Å². The van der Waals surface area contributed by atoms with Gasteiger partial charge in [-0.1, -0.05) is 6.92 Å². The number of aliphatic carboxylic acids is 1. The first-order valence-electron chi connectivity index (χ1n) is 7.55. The molecule has 1 N–H and O–H groups in total. The number of likely N-dealkylation sites (tertiary alicyclic amines) is 1. The van der Waals surface area contributed by atoms with Crippen molar-refractivity contribution in [1.29, 1.82) is 0 Å². The van der Waals surface area contributed by atoms with E-state index in [4.69, 9.17) is 5.11 Å². The number of hydrogen-bond donors (Lipinski definition) is 1. The lowest BCUT2D eigenvalue weighted by Gasteiger charge is -2.40. The highest BCUT2D eigenvalue weighted by molar-refractivity contribution is 5.69. The first-order valence-corrected chi connectivity index (χ1v) is 7.55. The Balaban J connectivity index is 2.66. The van der Waals surface area contributed by atoms with Crippen molar-refractivity contribution in [1.82, 2.24) is 9.80 Å². The predicted octanol–water partition coefficient (Wildman–Crippen LogP) is 2.44. The molecule has 1 unspecified atom stereocenters. The highest BCUT2D eigenvalue weighted by Gasteiger charge is 2.31. The molecule has 0 aromatic heterocycles. The molecule has 0 saturated carbocycles. The fraction of sp³-hybridized carbons (Fsp3) is 0.933. The molecule has 0 amide bonds. The van der Waals surface area contributed by atoms with Gasteiger partial charge >= 0.3 is 5.97 Å². The average molecular weight is 270 g/mol. The van der Waals surface area contributed by atoms with E-state index in [1.165, 1.54) is 19.4 Å². The van der Waals surface area contributed by atoms with Gasteiger partial charge in [0, 0.05) is 11.6 Å². The summed E-state index contributed by atoms with van der Waals surface area (Å²) in [7, 11) is 0. The van der Waals surface area contributed by atoms with Crippen LogP contribution in [0.25, 0.3) is 0 Å². The lowest BCUT2D eigenvalue weighted by Crippen LogP contribution is -2.50. The fourth-order valence-corrected chi connectivity index (χ4v) is 3.05. The smallest absolute Gasteiger partial charge is 0.317 e. The molecule has 1 heterocycles. The molecule has 1 saturated heterocycles. The SMILES string of the molecule is CCCN1CCCC(N(CC(=O)O)C(C)(C)C)CC1. The summed E-state index contributed by atoms with van der Waals surface area (Å²) in [6.45, 7) is 12.2. The fourth-order valence-electron chi connectivity index (χ4n) is 3.05. The van der Waals surface area contributed by atoms with E-state index in [-0.39, 0.29) is 12.1 Å². The van der Waals surface area contributed by atoms with Crippen molar-refractivity contribution in [3.05, 3.63) is 0 Å². The van der Waals surface area contributed by atoms with Gasteiger partial charge in [0.2, 0.25) is 0 Å². The molecule has 1 rings (SSSR count). The minimum absolute atomic E-state index is 0.0804. The summed E-state index contributed by atoms with van der Waals surface area (Å²) in [5, 5.41) is 9.13. The zero-order valence-electron chi connectivity index (χ0n) is 13.0. The Morgan fingerprint density at radius 1 is 1.32 bits per heavy atom. The van der Waals surface area contributed by atoms with Crippen LogP contribution < -0.4 is 0 Å². The Morgan fingerprint density at radius 3 is 2.53 bits per heavy atom. The zero-order chi connectivity index (χ0) is 14.5. The van der Waals surface area contributed by atoms with E-state index in [2.05, 4.69) is 37.5 Å². The number of hydrogen-bond acceptors (Lipinski definition) is 3. The molecule has 0 aromatic rings. The number of carboxylic acids is 1. The summed E-state index contributed by atoms with van der Waals surface area (Å²) < 4.78 is 0. The highest BCUT2D eigenvalue weighted by atomic mass is 16.4. The Bertz CT molecular complexity index is 286. The Labute approximate surface area is 117 Å². The first-order chi connectivity index (χ1) is 8.84. The molecule has 0 radical (unpaired) electrons. The molecule has 4 heteroatoms. The third-order valence-electron chi connectivity index (χ3n) is 3.94. The van der Waals surface area contributed by atoms with Crippen LogP contribution in [0.1, 0.15) is 53.4 Å². The quantitative estimate of drug-likeness (QED) is 0.833. The number of carboxylic acid groups (broad SMARTS) is 1. The standard InChI is InChI=1S/C15H30N2O2/c1-5-9-16-10-6-7-13(8-11-16)17(12-14(18)19)15(2,3)4/h13H,5-12H2,1-4H3,(H,18,19). The van der Waals surface area contributed by atoms with Crippen LogP contribution in [0.4, 0.5) is 0 Å². The maximum Gasteiger partial charge on any atom is 0.317 e. The minimum atomic E-state index is -0.718. The molecule has 1 atom stereocenters. The van der Waals surface area contributed by atoms with Crippen molar-refractivity contribution in [2.45, 2.75) is 65.0 Å². The largest absolute Gasteiger partial charge is 0.480 e. The molecular weight excluding hydrogens is 240 g/mol. The van der Waals surface area contributed by atoms with E-state index in [1.807, 2.05) is 0 Å². The Kier molecular flexibility index (Phi) is 6.27. The van der Waals surface area contributed by atoms with Crippen molar-refractivity contribution in [2.24, 2.45) is 0 Å². The lowest BCUT2D eigenvalue weighted by atomic mass is 9.98. The van der Waals surface area contributed by atoms with Gasteiger partial charge in [-0.25, -0.2) is 0 Å². The molecule has 1 aliphatic rings. The molecule has 0 aliphatic carbocycles. The van der Waals surface area contributed by atoms with Crippen LogP contribution in [-0.2, 0) is 4.79 Å². The van der Waals surface area contributed by atoms with Crippen LogP contribution in [0, 0.1) is 0 Å². The summed E-state index contributed by atoms with van der Waals surface area (Å²) >= 11 is 0. The highest BCUT2D eigenvalue weighted by Crippen LogP contribution is 2.24. The van der Waals surface area contributed by atoms with Crippen molar-refractivity contribution in [3.8, 4) is 0 Å². The number of carbonyl (C=O) groups is 1. The summed E-state index contributed by atoms with van der Waals surface area (Å²) in [6, 6.07) is 0.401. The summed E-state index contributed by atoms with van der Waals surface area (Å²) in [5.41, 5.74) is -0.0804. The van der Waals surface area contributed by atoms with E-state index in [1.54, 1.807) is 0 Å². The topological polar surface area (TPSA) is 43.8 Å². The van der Waals surface area contributed by atoms with Crippen LogP contribution in [-0.4, -0.2) is 58.6 Å². The third kappa shape index (κ3) is 5.49. The number of rotatable bonds is 5. The van der Waals surface area contributed by atoms with Crippen LogP contribution in [0.15, 0.2) is 0 Å². The third-order valence-corrected chi connectivity index (χ3v) is 3.94. The lowest BCUT2D eigenvalue weighted by molar-refractivity contribution is -0.140. The maximum atomic E-state index is 11.1. The zero-order valence-corrected chi connectivity index (χ0v) is 13.0. The summed E-state index contributed by atoms with van der Waals surface area (Å²) in [4.78, 5) is 15.8. The number of nitrogens with zero attached hydrogens (tertiary/aromatic N) is 2. The second kappa shape index (κ2) is 7.25. The molecule has 1 aliphatic heterocycles. The van der Waals surface area contributed by atoms with Gasteiger partial charge in [0.25, 0.3) is 0 Å². The molecule has 0 aromatic carbocycles. The molecule has 0 spiro atoms. The van der Waals surface area contributed by atoms with E-state index < -0.39 is 5.97 Å². The normalized spacial score (nSPS) is 22.5. The molecule has 4 nitrogen and oxygen atoms in total. The predicted molar refractivity (Wildman–Crippen MR) is 78.5 cm³/mol. The van der Waals surface area contributed by atoms with Crippen LogP contribution >= 0.6 is 0 Å². The van der Waals surface area contributed by atoms with Gasteiger partial charge in [0.05, 0.1) is 6.54 Å². The van der Waals surface area contributed by atoms with Gasteiger partial charge in [-0.3, -0.25) is 9.69 Å². The second-order valence-corrected chi connectivity index (χ2v) is 6.62. The van der Waals surface area contributed by atoms with E-state index in [0.717, 1.165) is 25.9 Å². The van der Waals surface area contributed by atoms with Crippen LogP contribution in [0.3, 0.4) is 0 Å². The van der Waals surface area contributed by atoms with Gasteiger partial charge in [-0.15, -0.1) is 0 Å². The van der Waals surface area contributed by atoms with Gasteiger partial charge in [-0.05, 0) is 66.1 Å². The summed E-state index contributed by atoms with van der Waals surface area (Å²) in [5.74, 6) is -0.718. The maximum absolute atomic E-state index is 11.1. The van der Waals surface area contributed by atoms with Crippen molar-refractivity contribution in [3.63, 3.8) is 0 Å². The molecular formula is C15H30N2O2. The minimum Gasteiger partial charge on any atom is -0.480 e. The molecule has 19 heavy (non-hydrogen) atoms. The Morgan fingerprint density at radius 2 is 2.00 bits per heavy atom. The first kappa shape index (κ1) is 16.4. The Hall–Kier alpha value is -0.610. The van der Waals surface area contributed by atoms with Crippen LogP contribution in [0.2, 0.25) is 0 Å².